The van der Waals surface area contributed by atoms with Crippen molar-refractivity contribution in [2.75, 3.05) is 32.1 Å². The van der Waals surface area contributed by atoms with Crippen LogP contribution in [-0.4, -0.2) is 45.4 Å². The third kappa shape index (κ3) is 6.03. The molecular formula is C21H29N3O4S. The summed E-state index contributed by atoms with van der Waals surface area (Å²) in [6.07, 6.45) is 0. The van der Waals surface area contributed by atoms with E-state index in [1.54, 1.807) is 55.6 Å². The molecule has 2 rings (SSSR count). The molecule has 7 nitrogen and oxygen atoms in total. The van der Waals surface area contributed by atoms with Crippen molar-refractivity contribution >= 4 is 21.6 Å². The number of ether oxygens (including phenoxy) is 1. The Hall–Kier alpha value is -2.42. The van der Waals surface area contributed by atoms with Crippen molar-refractivity contribution in [3.05, 3.63) is 54.1 Å². The molecule has 1 amide bonds. The van der Waals surface area contributed by atoms with E-state index in [-0.39, 0.29) is 23.4 Å². The van der Waals surface area contributed by atoms with E-state index < -0.39 is 10.0 Å². The Balaban J connectivity index is 1.95. The first-order valence-electron chi connectivity index (χ1n) is 9.59. The number of carbonyl (C=O) groups is 1. The predicted molar refractivity (Wildman–Crippen MR) is 115 cm³/mol. The first-order chi connectivity index (χ1) is 13.8. The van der Waals surface area contributed by atoms with Crippen molar-refractivity contribution in [1.82, 2.24) is 9.62 Å². The van der Waals surface area contributed by atoms with Gasteiger partial charge in [0.2, 0.25) is 15.9 Å². The summed E-state index contributed by atoms with van der Waals surface area (Å²) < 4.78 is 31.7. The Morgan fingerprint density at radius 3 is 2.34 bits per heavy atom. The summed E-state index contributed by atoms with van der Waals surface area (Å²) in [4.78, 5) is 12.4. The van der Waals surface area contributed by atoms with Crippen LogP contribution in [0.25, 0.3) is 0 Å². The lowest BCUT2D eigenvalue weighted by Crippen LogP contribution is -2.31. The lowest BCUT2D eigenvalue weighted by Gasteiger charge is -2.19. The second kappa shape index (κ2) is 10.4. The average molecular weight is 420 g/mol. The highest BCUT2D eigenvalue weighted by molar-refractivity contribution is 7.89. The third-order valence-corrected chi connectivity index (χ3v) is 6.71. The number of hydrogen-bond donors (Lipinski definition) is 2. The fourth-order valence-electron chi connectivity index (χ4n) is 2.91. The monoisotopic (exact) mass is 419 g/mol. The molecule has 1 atom stereocenters. The minimum Gasteiger partial charge on any atom is -0.497 e. The van der Waals surface area contributed by atoms with Gasteiger partial charge in [0.25, 0.3) is 0 Å². The van der Waals surface area contributed by atoms with Crippen LogP contribution in [0.15, 0.2) is 53.4 Å². The Labute approximate surface area is 173 Å². The molecule has 0 saturated carbocycles. The molecule has 1 unspecified atom stereocenters. The van der Waals surface area contributed by atoms with E-state index in [0.717, 1.165) is 5.56 Å². The van der Waals surface area contributed by atoms with E-state index in [0.29, 0.717) is 24.5 Å². The number of carbonyl (C=O) groups excluding carboxylic acids is 1. The molecule has 0 aliphatic heterocycles. The van der Waals surface area contributed by atoms with Gasteiger partial charge in [-0.1, -0.05) is 32.0 Å². The first-order valence-corrected chi connectivity index (χ1v) is 11.0. The molecule has 0 heterocycles. The number of anilines is 1. The summed E-state index contributed by atoms with van der Waals surface area (Å²) in [5, 5.41) is 5.96. The molecule has 0 aliphatic carbocycles. The molecule has 0 radical (unpaired) electrons. The maximum atomic E-state index is 12.6. The molecule has 0 spiro atoms. The number of hydrogen-bond acceptors (Lipinski definition) is 5. The van der Waals surface area contributed by atoms with Gasteiger partial charge in [-0.05, 0) is 36.8 Å². The maximum absolute atomic E-state index is 12.6. The molecule has 0 aliphatic rings. The third-order valence-electron chi connectivity index (χ3n) is 4.65. The molecule has 0 saturated heterocycles. The number of amides is 1. The van der Waals surface area contributed by atoms with Crippen LogP contribution in [0.3, 0.4) is 0 Å². The van der Waals surface area contributed by atoms with Crippen LogP contribution >= 0.6 is 0 Å². The SMILES string of the molecule is CCN(CC)S(=O)(=O)c1ccc(C(C)NCC(=O)Nc2cccc(OC)c2)cc1. The van der Waals surface area contributed by atoms with E-state index in [1.807, 2.05) is 20.8 Å². The van der Waals surface area contributed by atoms with Gasteiger partial charge in [0.15, 0.2) is 0 Å². The van der Waals surface area contributed by atoms with Gasteiger partial charge in [-0.15, -0.1) is 0 Å². The van der Waals surface area contributed by atoms with Gasteiger partial charge < -0.3 is 15.4 Å². The molecule has 0 aromatic heterocycles. The average Bonchev–Trinajstić information content (AvgIpc) is 2.73. The summed E-state index contributed by atoms with van der Waals surface area (Å²) in [5.74, 6) is 0.495. The van der Waals surface area contributed by atoms with Gasteiger partial charge in [0.1, 0.15) is 5.75 Å². The van der Waals surface area contributed by atoms with Crippen LogP contribution in [0, 0.1) is 0 Å². The summed E-state index contributed by atoms with van der Waals surface area (Å²) in [6, 6.07) is 13.8. The molecule has 8 heteroatoms. The Morgan fingerprint density at radius 1 is 1.10 bits per heavy atom. The largest absolute Gasteiger partial charge is 0.497 e. The normalized spacial score (nSPS) is 12.6. The van der Waals surface area contributed by atoms with Crippen LogP contribution in [0.1, 0.15) is 32.4 Å². The molecule has 0 bridgehead atoms. The van der Waals surface area contributed by atoms with E-state index in [4.69, 9.17) is 4.74 Å². The van der Waals surface area contributed by atoms with Crippen LogP contribution in [0.5, 0.6) is 5.75 Å². The van der Waals surface area contributed by atoms with Crippen molar-refractivity contribution in [1.29, 1.82) is 0 Å². The van der Waals surface area contributed by atoms with Crippen molar-refractivity contribution in [3.63, 3.8) is 0 Å². The number of benzene rings is 2. The highest BCUT2D eigenvalue weighted by Gasteiger charge is 2.21. The smallest absolute Gasteiger partial charge is 0.243 e. The number of methoxy groups -OCH3 is 1. The number of nitrogens with one attached hydrogen (secondary N) is 2. The van der Waals surface area contributed by atoms with Crippen molar-refractivity contribution in [3.8, 4) is 5.75 Å². The summed E-state index contributed by atoms with van der Waals surface area (Å²) in [7, 11) is -1.90. The fourth-order valence-corrected chi connectivity index (χ4v) is 4.37. The summed E-state index contributed by atoms with van der Waals surface area (Å²) >= 11 is 0. The zero-order chi connectivity index (χ0) is 21.4. The quantitative estimate of drug-likeness (QED) is 0.618. The van der Waals surface area contributed by atoms with Gasteiger partial charge in [0.05, 0.1) is 18.6 Å². The predicted octanol–water partition coefficient (Wildman–Crippen LogP) is 3.02. The van der Waals surface area contributed by atoms with E-state index >= 15 is 0 Å². The van der Waals surface area contributed by atoms with Crippen LogP contribution in [0.2, 0.25) is 0 Å². The minimum atomic E-state index is -3.47. The van der Waals surface area contributed by atoms with Crippen LogP contribution in [0.4, 0.5) is 5.69 Å². The second-order valence-electron chi connectivity index (χ2n) is 6.54. The molecule has 158 valence electrons. The zero-order valence-corrected chi connectivity index (χ0v) is 18.1. The lowest BCUT2D eigenvalue weighted by molar-refractivity contribution is -0.115. The van der Waals surface area contributed by atoms with Crippen LogP contribution in [-0.2, 0) is 14.8 Å². The van der Waals surface area contributed by atoms with Gasteiger partial charge in [-0.25, -0.2) is 8.42 Å². The molecule has 2 aromatic carbocycles. The number of sulfonamides is 1. The van der Waals surface area contributed by atoms with Crippen molar-refractivity contribution < 1.29 is 17.9 Å². The standard InChI is InChI=1S/C21H29N3O4S/c1-5-24(6-2)29(26,27)20-12-10-17(11-13-20)16(3)22-15-21(25)23-18-8-7-9-19(14-18)28-4/h7-14,16,22H,5-6,15H2,1-4H3,(H,23,25). The Bertz CT molecular complexity index is 910. The topological polar surface area (TPSA) is 87.7 Å². The molecular weight excluding hydrogens is 390 g/mol. The number of nitrogens with zero attached hydrogens (tertiary/aromatic N) is 1. The van der Waals surface area contributed by atoms with Gasteiger partial charge in [0, 0.05) is 30.9 Å². The molecule has 29 heavy (non-hydrogen) atoms. The van der Waals surface area contributed by atoms with Gasteiger partial charge in [-0.3, -0.25) is 4.79 Å². The van der Waals surface area contributed by atoms with Crippen molar-refractivity contribution in [2.24, 2.45) is 0 Å². The minimum absolute atomic E-state index is 0.115. The summed E-state index contributed by atoms with van der Waals surface area (Å²) in [5.41, 5.74) is 1.56. The molecule has 2 N–H and O–H groups in total. The molecule has 2 aromatic rings. The highest BCUT2D eigenvalue weighted by atomic mass is 32.2. The Kier molecular flexibility index (Phi) is 8.19. The van der Waals surface area contributed by atoms with Crippen LogP contribution < -0.4 is 15.4 Å². The van der Waals surface area contributed by atoms with Gasteiger partial charge in [-0.2, -0.15) is 4.31 Å². The fraction of sp³-hybridized carbons (Fsp3) is 0.381. The Morgan fingerprint density at radius 2 is 1.76 bits per heavy atom. The first kappa shape index (κ1) is 22.9. The van der Waals surface area contributed by atoms with E-state index in [9.17, 15) is 13.2 Å². The summed E-state index contributed by atoms with van der Waals surface area (Å²) in [6.45, 7) is 6.54. The van der Waals surface area contributed by atoms with Gasteiger partial charge >= 0.3 is 0 Å². The van der Waals surface area contributed by atoms with E-state index in [2.05, 4.69) is 10.6 Å². The lowest BCUT2D eigenvalue weighted by atomic mass is 10.1. The second-order valence-corrected chi connectivity index (χ2v) is 8.48. The number of rotatable bonds is 10. The maximum Gasteiger partial charge on any atom is 0.243 e. The highest BCUT2D eigenvalue weighted by Crippen LogP contribution is 2.20. The zero-order valence-electron chi connectivity index (χ0n) is 17.3. The molecule has 0 fully saturated rings. The van der Waals surface area contributed by atoms with E-state index in [1.165, 1.54) is 4.31 Å². The van der Waals surface area contributed by atoms with Crippen molar-refractivity contribution in [2.45, 2.75) is 31.7 Å².